The Morgan fingerprint density at radius 2 is 2.15 bits per heavy atom. The van der Waals surface area contributed by atoms with Crippen molar-refractivity contribution in [1.29, 1.82) is 0 Å². The van der Waals surface area contributed by atoms with Gasteiger partial charge in [0.15, 0.2) is 0 Å². The molecule has 1 amide bonds. The first-order chi connectivity index (χ1) is 13.1. The lowest BCUT2D eigenvalue weighted by Crippen LogP contribution is -2.53. The highest BCUT2D eigenvalue weighted by Gasteiger charge is 2.34. The van der Waals surface area contributed by atoms with E-state index in [0.717, 1.165) is 32.5 Å². The molecule has 6 heteroatoms. The fourth-order valence-electron chi connectivity index (χ4n) is 3.49. The van der Waals surface area contributed by atoms with Crippen molar-refractivity contribution in [2.24, 2.45) is 0 Å². The molecule has 0 bridgehead atoms. The van der Waals surface area contributed by atoms with Gasteiger partial charge in [-0.2, -0.15) is 0 Å². The predicted molar refractivity (Wildman–Crippen MR) is 109 cm³/mol. The molecular weight excluding hydrogens is 358 g/mol. The molecule has 0 saturated carbocycles. The summed E-state index contributed by atoms with van der Waals surface area (Å²) < 4.78 is 6.09. The average Bonchev–Trinajstić information content (AvgIpc) is 3.23. The highest BCUT2D eigenvalue weighted by atomic mass is 32.1. The maximum absolute atomic E-state index is 12.6. The van der Waals surface area contributed by atoms with Gasteiger partial charge in [-0.25, -0.2) is 0 Å². The minimum Gasteiger partial charge on any atom is -0.372 e. The van der Waals surface area contributed by atoms with Crippen LogP contribution in [0.15, 0.2) is 42.0 Å². The van der Waals surface area contributed by atoms with E-state index in [-0.39, 0.29) is 11.5 Å². The molecule has 0 N–H and O–H groups in total. The van der Waals surface area contributed by atoms with E-state index in [9.17, 15) is 4.79 Å². The highest BCUT2D eigenvalue weighted by Crippen LogP contribution is 2.24. The van der Waals surface area contributed by atoms with Crippen molar-refractivity contribution in [2.75, 3.05) is 39.3 Å². The Bertz CT molecular complexity index is 707. The fraction of sp³-hybridized carbons (Fsp3) is 0.524. The standard InChI is InChI=1S/C21H29N3O2S/c1-3-23(11-9-18-7-5-4-6-8-18)12-10-21(2)16-24(13-14-26-21)20(25)19-15-22-17-27-19/h4-8,15,17H,3,9-14,16H2,1-2H3. The van der Waals surface area contributed by atoms with E-state index in [0.29, 0.717) is 24.6 Å². The fourth-order valence-corrected chi connectivity index (χ4v) is 4.07. The molecule has 2 heterocycles. The number of amides is 1. The van der Waals surface area contributed by atoms with Crippen LogP contribution in [0.2, 0.25) is 0 Å². The van der Waals surface area contributed by atoms with E-state index < -0.39 is 0 Å². The summed E-state index contributed by atoms with van der Waals surface area (Å²) >= 11 is 1.40. The molecule has 3 rings (SSSR count). The smallest absolute Gasteiger partial charge is 0.265 e. The zero-order valence-corrected chi connectivity index (χ0v) is 17.1. The summed E-state index contributed by atoms with van der Waals surface area (Å²) in [5.41, 5.74) is 2.79. The van der Waals surface area contributed by atoms with Gasteiger partial charge in [0.2, 0.25) is 0 Å². The Kier molecular flexibility index (Phi) is 6.99. The van der Waals surface area contributed by atoms with E-state index in [1.54, 1.807) is 11.7 Å². The Morgan fingerprint density at radius 3 is 2.85 bits per heavy atom. The van der Waals surface area contributed by atoms with E-state index in [2.05, 4.69) is 54.1 Å². The molecule has 1 aromatic carbocycles. The van der Waals surface area contributed by atoms with Crippen molar-refractivity contribution >= 4 is 17.2 Å². The molecule has 1 saturated heterocycles. The number of ether oxygens (including phenoxy) is 1. The molecule has 27 heavy (non-hydrogen) atoms. The van der Waals surface area contributed by atoms with Crippen LogP contribution < -0.4 is 0 Å². The number of thiazole rings is 1. The predicted octanol–water partition coefficient (Wildman–Crippen LogP) is 3.33. The molecule has 0 aliphatic carbocycles. The molecule has 1 aliphatic rings. The van der Waals surface area contributed by atoms with Crippen LogP contribution in [0.25, 0.3) is 0 Å². The molecule has 1 atom stereocenters. The summed E-state index contributed by atoms with van der Waals surface area (Å²) in [5.74, 6) is 0.0726. The number of hydrogen-bond donors (Lipinski definition) is 0. The highest BCUT2D eigenvalue weighted by molar-refractivity contribution is 7.11. The molecule has 2 aromatic rings. The number of rotatable bonds is 8. The minimum absolute atomic E-state index is 0.0726. The summed E-state index contributed by atoms with van der Waals surface area (Å²) in [6.07, 6.45) is 3.63. The average molecular weight is 388 g/mol. The SMILES string of the molecule is CCN(CCc1ccccc1)CCC1(C)CN(C(=O)c2cncs2)CCO1. The number of morpholine rings is 1. The number of carbonyl (C=O) groups is 1. The van der Waals surface area contributed by atoms with Gasteiger partial charge in [0.05, 0.1) is 23.9 Å². The third-order valence-corrected chi connectivity index (χ3v) is 5.99. The molecule has 1 unspecified atom stereocenters. The summed E-state index contributed by atoms with van der Waals surface area (Å²) in [6.45, 7) is 9.25. The second kappa shape index (κ2) is 9.44. The molecule has 1 aliphatic heterocycles. The maximum Gasteiger partial charge on any atom is 0.265 e. The lowest BCUT2D eigenvalue weighted by atomic mass is 9.99. The van der Waals surface area contributed by atoms with Gasteiger partial charge in [0.1, 0.15) is 4.88 Å². The Balaban J connectivity index is 1.51. The monoisotopic (exact) mass is 387 g/mol. The first-order valence-corrected chi connectivity index (χ1v) is 10.6. The number of likely N-dealkylation sites (N-methyl/N-ethyl adjacent to an activating group) is 1. The van der Waals surface area contributed by atoms with Crippen molar-refractivity contribution in [3.05, 3.63) is 52.5 Å². The van der Waals surface area contributed by atoms with E-state index in [4.69, 9.17) is 4.74 Å². The molecule has 1 aromatic heterocycles. The molecule has 5 nitrogen and oxygen atoms in total. The van der Waals surface area contributed by atoms with Crippen LogP contribution in [0.4, 0.5) is 0 Å². The zero-order chi connectivity index (χ0) is 19.1. The minimum atomic E-state index is -0.293. The maximum atomic E-state index is 12.6. The van der Waals surface area contributed by atoms with Crippen LogP contribution in [0.1, 0.15) is 35.5 Å². The molecule has 1 fully saturated rings. The normalized spacial score (nSPS) is 20.2. The van der Waals surface area contributed by atoms with Crippen molar-refractivity contribution in [2.45, 2.75) is 32.3 Å². The van der Waals surface area contributed by atoms with Gasteiger partial charge in [-0.3, -0.25) is 9.78 Å². The quantitative estimate of drug-likeness (QED) is 0.697. The van der Waals surface area contributed by atoms with Gasteiger partial charge >= 0.3 is 0 Å². The van der Waals surface area contributed by atoms with Gasteiger partial charge in [0, 0.05) is 26.2 Å². The Labute approximate surface area is 166 Å². The summed E-state index contributed by atoms with van der Waals surface area (Å²) in [4.78, 5) is 21.7. The summed E-state index contributed by atoms with van der Waals surface area (Å²) in [6, 6.07) is 10.6. The van der Waals surface area contributed by atoms with E-state index >= 15 is 0 Å². The molecule has 0 radical (unpaired) electrons. The third kappa shape index (κ3) is 5.61. The number of benzene rings is 1. The Hall–Kier alpha value is -1.76. The lowest BCUT2D eigenvalue weighted by Gasteiger charge is -2.41. The van der Waals surface area contributed by atoms with E-state index in [1.165, 1.54) is 16.9 Å². The lowest BCUT2D eigenvalue weighted by molar-refractivity contribution is -0.0952. The van der Waals surface area contributed by atoms with Crippen molar-refractivity contribution in [1.82, 2.24) is 14.8 Å². The van der Waals surface area contributed by atoms with Crippen LogP contribution in [0.5, 0.6) is 0 Å². The number of carbonyl (C=O) groups excluding carboxylic acids is 1. The van der Waals surface area contributed by atoms with Crippen LogP contribution in [0, 0.1) is 0 Å². The van der Waals surface area contributed by atoms with Gasteiger partial charge in [0.25, 0.3) is 5.91 Å². The first-order valence-electron chi connectivity index (χ1n) is 9.68. The summed E-state index contributed by atoms with van der Waals surface area (Å²) in [5, 5.41) is 0. The van der Waals surface area contributed by atoms with Gasteiger partial charge in [-0.05, 0) is 31.9 Å². The number of nitrogens with zero attached hydrogens (tertiary/aromatic N) is 3. The molecule has 0 spiro atoms. The first kappa shape index (κ1) is 20.0. The van der Waals surface area contributed by atoms with Gasteiger partial charge in [-0.1, -0.05) is 37.3 Å². The topological polar surface area (TPSA) is 45.7 Å². The van der Waals surface area contributed by atoms with E-state index in [1.807, 2.05) is 4.90 Å². The largest absolute Gasteiger partial charge is 0.372 e. The molecular formula is C21H29N3O2S. The second-order valence-electron chi connectivity index (χ2n) is 7.31. The van der Waals surface area contributed by atoms with Crippen molar-refractivity contribution in [3.63, 3.8) is 0 Å². The Morgan fingerprint density at radius 1 is 1.33 bits per heavy atom. The third-order valence-electron chi connectivity index (χ3n) is 5.23. The van der Waals surface area contributed by atoms with Crippen LogP contribution in [-0.2, 0) is 11.2 Å². The van der Waals surface area contributed by atoms with Crippen molar-refractivity contribution < 1.29 is 9.53 Å². The van der Waals surface area contributed by atoms with Crippen LogP contribution in [-0.4, -0.2) is 65.6 Å². The zero-order valence-electron chi connectivity index (χ0n) is 16.3. The summed E-state index contributed by atoms with van der Waals surface area (Å²) in [7, 11) is 0. The van der Waals surface area contributed by atoms with Crippen LogP contribution >= 0.6 is 11.3 Å². The van der Waals surface area contributed by atoms with Crippen LogP contribution in [0.3, 0.4) is 0 Å². The number of aromatic nitrogens is 1. The molecule has 146 valence electrons. The number of hydrogen-bond acceptors (Lipinski definition) is 5. The van der Waals surface area contributed by atoms with Crippen molar-refractivity contribution in [3.8, 4) is 0 Å². The second-order valence-corrected chi connectivity index (χ2v) is 8.20. The van der Waals surface area contributed by atoms with Gasteiger partial charge < -0.3 is 14.5 Å². The van der Waals surface area contributed by atoms with Gasteiger partial charge in [-0.15, -0.1) is 11.3 Å².